The lowest BCUT2D eigenvalue weighted by Crippen LogP contribution is -2.41. The zero-order chi connectivity index (χ0) is 18.7. The van der Waals surface area contributed by atoms with Crippen LogP contribution in [0.2, 0.25) is 0 Å². The van der Waals surface area contributed by atoms with Crippen LogP contribution < -0.4 is 10.6 Å². The molecule has 0 aliphatic heterocycles. The minimum Gasteiger partial charge on any atom is -0.378 e. The van der Waals surface area contributed by atoms with Crippen molar-refractivity contribution < 1.29 is 13.9 Å². The van der Waals surface area contributed by atoms with Crippen molar-refractivity contribution in [3.05, 3.63) is 35.6 Å². The smallest absolute Gasteiger partial charge is 0.191 e. The fraction of sp³-hybridized carbons (Fsp3) is 0.632. The van der Waals surface area contributed by atoms with E-state index in [2.05, 4.69) is 29.5 Å². The van der Waals surface area contributed by atoms with Crippen molar-refractivity contribution in [2.75, 3.05) is 33.9 Å². The number of nitrogens with zero attached hydrogens (tertiary/aromatic N) is 1. The highest BCUT2D eigenvalue weighted by Crippen LogP contribution is 2.16. The lowest BCUT2D eigenvalue weighted by Gasteiger charge is -2.22. The Labute approximate surface area is 151 Å². The zero-order valence-electron chi connectivity index (χ0n) is 16.0. The number of hydrogen-bond acceptors (Lipinski definition) is 3. The molecule has 0 aliphatic rings. The summed E-state index contributed by atoms with van der Waals surface area (Å²) in [6, 6.07) is 6.34. The first-order chi connectivity index (χ1) is 12.0. The summed E-state index contributed by atoms with van der Waals surface area (Å²) in [5, 5.41) is 6.54. The van der Waals surface area contributed by atoms with Gasteiger partial charge in [0.25, 0.3) is 0 Å². The Morgan fingerprint density at radius 1 is 1.20 bits per heavy atom. The third kappa shape index (κ3) is 7.84. The molecule has 0 aliphatic carbocycles. The van der Waals surface area contributed by atoms with E-state index in [-0.39, 0.29) is 18.0 Å². The van der Waals surface area contributed by atoms with Gasteiger partial charge in [0.2, 0.25) is 0 Å². The van der Waals surface area contributed by atoms with Gasteiger partial charge in [0.1, 0.15) is 5.82 Å². The predicted molar refractivity (Wildman–Crippen MR) is 100 cm³/mol. The second-order valence-electron chi connectivity index (χ2n) is 6.18. The van der Waals surface area contributed by atoms with Gasteiger partial charge in [-0.1, -0.05) is 26.0 Å². The van der Waals surface area contributed by atoms with Crippen LogP contribution in [-0.4, -0.2) is 45.9 Å². The first-order valence-electron chi connectivity index (χ1n) is 8.86. The molecule has 2 atom stereocenters. The number of ether oxygens (including phenoxy) is 2. The molecule has 1 aromatic carbocycles. The number of hydrogen-bond donors (Lipinski definition) is 2. The van der Waals surface area contributed by atoms with E-state index >= 15 is 0 Å². The van der Waals surface area contributed by atoms with Gasteiger partial charge in [-0.05, 0) is 37.0 Å². The molecular weight excluding hydrogens is 321 g/mol. The summed E-state index contributed by atoms with van der Waals surface area (Å²) in [6.07, 6.45) is 0.977. The molecule has 25 heavy (non-hydrogen) atoms. The number of aliphatic imine (C=N–C) groups is 1. The van der Waals surface area contributed by atoms with E-state index in [1.165, 1.54) is 12.1 Å². The molecular formula is C19H32FN3O2. The summed E-state index contributed by atoms with van der Waals surface area (Å²) in [5.41, 5.74) is 0.920. The van der Waals surface area contributed by atoms with Gasteiger partial charge in [0, 0.05) is 33.9 Å². The molecule has 0 aromatic heterocycles. The van der Waals surface area contributed by atoms with Crippen LogP contribution in [0.15, 0.2) is 29.3 Å². The van der Waals surface area contributed by atoms with Gasteiger partial charge in [0.15, 0.2) is 5.96 Å². The van der Waals surface area contributed by atoms with Crippen molar-refractivity contribution in [3.63, 3.8) is 0 Å². The SMILES string of the molecule is CCOC(CCNC(=NC)NCC(OC)c1ccc(F)cc1)C(C)C. The van der Waals surface area contributed by atoms with Crippen molar-refractivity contribution in [1.82, 2.24) is 10.6 Å². The van der Waals surface area contributed by atoms with Crippen molar-refractivity contribution in [3.8, 4) is 0 Å². The van der Waals surface area contributed by atoms with Crippen LogP contribution in [0.5, 0.6) is 0 Å². The molecule has 0 saturated heterocycles. The lowest BCUT2D eigenvalue weighted by molar-refractivity contribution is 0.0258. The summed E-state index contributed by atoms with van der Waals surface area (Å²) < 4.78 is 24.3. The Balaban J connectivity index is 2.46. The second-order valence-corrected chi connectivity index (χ2v) is 6.18. The minimum absolute atomic E-state index is 0.175. The fourth-order valence-corrected chi connectivity index (χ4v) is 2.58. The van der Waals surface area contributed by atoms with Crippen LogP contribution in [-0.2, 0) is 9.47 Å². The maximum Gasteiger partial charge on any atom is 0.191 e. The molecule has 2 N–H and O–H groups in total. The highest BCUT2D eigenvalue weighted by atomic mass is 19.1. The van der Waals surface area contributed by atoms with E-state index in [1.54, 1.807) is 26.3 Å². The van der Waals surface area contributed by atoms with Gasteiger partial charge in [0.05, 0.1) is 12.2 Å². The Kier molecular flexibility index (Phi) is 10.1. The maximum atomic E-state index is 13.0. The summed E-state index contributed by atoms with van der Waals surface area (Å²) in [5.74, 6) is 0.939. The molecule has 1 aromatic rings. The lowest BCUT2D eigenvalue weighted by atomic mass is 10.0. The van der Waals surface area contributed by atoms with Crippen molar-refractivity contribution >= 4 is 5.96 Å². The average Bonchev–Trinajstić information content (AvgIpc) is 2.60. The van der Waals surface area contributed by atoms with Crippen molar-refractivity contribution in [2.24, 2.45) is 10.9 Å². The highest BCUT2D eigenvalue weighted by molar-refractivity contribution is 5.79. The number of benzene rings is 1. The van der Waals surface area contributed by atoms with Gasteiger partial charge in [-0.2, -0.15) is 0 Å². The molecule has 0 saturated carbocycles. The van der Waals surface area contributed by atoms with E-state index in [0.29, 0.717) is 18.4 Å². The summed E-state index contributed by atoms with van der Waals surface area (Å²) in [7, 11) is 3.37. The Morgan fingerprint density at radius 3 is 2.40 bits per heavy atom. The summed E-state index contributed by atoms with van der Waals surface area (Å²) in [4.78, 5) is 4.23. The molecule has 0 radical (unpaired) electrons. The number of guanidine groups is 1. The van der Waals surface area contributed by atoms with Gasteiger partial charge >= 0.3 is 0 Å². The van der Waals surface area contributed by atoms with Crippen molar-refractivity contribution in [2.45, 2.75) is 39.4 Å². The third-order valence-corrected chi connectivity index (χ3v) is 4.05. The van der Waals surface area contributed by atoms with Crippen LogP contribution in [0.4, 0.5) is 4.39 Å². The molecule has 5 nitrogen and oxygen atoms in total. The summed E-state index contributed by atoms with van der Waals surface area (Å²) in [6.45, 7) is 8.39. The molecule has 0 heterocycles. The minimum atomic E-state index is -0.252. The highest BCUT2D eigenvalue weighted by Gasteiger charge is 2.14. The van der Waals surface area contributed by atoms with Crippen LogP contribution in [0, 0.1) is 11.7 Å². The zero-order valence-corrected chi connectivity index (χ0v) is 16.0. The first-order valence-corrected chi connectivity index (χ1v) is 8.86. The van der Waals surface area contributed by atoms with E-state index < -0.39 is 0 Å². The monoisotopic (exact) mass is 353 g/mol. The number of nitrogens with one attached hydrogen (secondary N) is 2. The maximum absolute atomic E-state index is 13.0. The molecule has 0 bridgehead atoms. The molecule has 0 fully saturated rings. The van der Waals surface area contributed by atoms with Crippen LogP contribution in [0.1, 0.15) is 38.9 Å². The average molecular weight is 353 g/mol. The molecule has 0 amide bonds. The molecule has 6 heteroatoms. The standard InChI is InChI=1S/C19H32FN3O2/c1-6-25-17(14(2)3)11-12-22-19(21-4)23-13-18(24-5)15-7-9-16(20)10-8-15/h7-10,14,17-18H,6,11-13H2,1-5H3,(H2,21,22,23). The molecule has 1 rings (SSSR count). The molecule has 0 spiro atoms. The van der Waals surface area contributed by atoms with Crippen LogP contribution in [0.25, 0.3) is 0 Å². The van der Waals surface area contributed by atoms with Gasteiger partial charge in [-0.25, -0.2) is 4.39 Å². The normalized spacial score (nSPS) is 14.4. The third-order valence-electron chi connectivity index (χ3n) is 4.05. The largest absolute Gasteiger partial charge is 0.378 e. The molecule has 2 unspecified atom stereocenters. The Bertz CT molecular complexity index is 506. The van der Waals surface area contributed by atoms with Crippen LogP contribution in [0.3, 0.4) is 0 Å². The Morgan fingerprint density at radius 2 is 1.88 bits per heavy atom. The number of halogens is 1. The van der Waals surface area contributed by atoms with Gasteiger partial charge < -0.3 is 20.1 Å². The topological polar surface area (TPSA) is 54.9 Å². The van der Waals surface area contributed by atoms with Crippen molar-refractivity contribution in [1.29, 1.82) is 0 Å². The summed E-state index contributed by atoms with van der Waals surface area (Å²) >= 11 is 0. The van der Waals surface area contributed by atoms with E-state index in [4.69, 9.17) is 9.47 Å². The Hall–Kier alpha value is -1.66. The number of methoxy groups -OCH3 is 1. The van der Waals surface area contributed by atoms with Crippen LogP contribution >= 0.6 is 0 Å². The quantitative estimate of drug-likeness (QED) is 0.501. The van der Waals surface area contributed by atoms with E-state index in [0.717, 1.165) is 25.1 Å². The van der Waals surface area contributed by atoms with E-state index in [1.807, 2.05) is 6.92 Å². The second kappa shape index (κ2) is 11.8. The molecule has 142 valence electrons. The van der Waals surface area contributed by atoms with Gasteiger partial charge in [-0.3, -0.25) is 4.99 Å². The van der Waals surface area contributed by atoms with Gasteiger partial charge in [-0.15, -0.1) is 0 Å². The number of rotatable bonds is 10. The fourth-order valence-electron chi connectivity index (χ4n) is 2.58. The predicted octanol–water partition coefficient (Wildman–Crippen LogP) is 3.13. The van der Waals surface area contributed by atoms with E-state index in [9.17, 15) is 4.39 Å². The first kappa shape index (κ1) is 21.4.